The molecule has 82 valence electrons. The number of nitrogens with one attached hydrogen (secondary N) is 1. The van der Waals surface area contributed by atoms with Crippen molar-refractivity contribution in [2.24, 2.45) is 5.92 Å². The summed E-state index contributed by atoms with van der Waals surface area (Å²) in [6.45, 7) is 11.4. The van der Waals surface area contributed by atoms with Gasteiger partial charge in [-0.1, -0.05) is 26.0 Å². The van der Waals surface area contributed by atoms with Crippen molar-refractivity contribution < 1.29 is 0 Å². The second-order valence-corrected chi connectivity index (χ2v) is 4.66. The molecule has 1 aliphatic heterocycles. The summed E-state index contributed by atoms with van der Waals surface area (Å²) >= 11 is 0. The van der Waals surface area contributed by atoms with E-state index in [1.807, 2.05) is 0 Å². The van der Waals surface area contributed by atoms with Gasteiger partial charge in [-0.3, -0.25) is 4.90 Å². The Balaban J connectivity index is 2.14. The van der Waals surface area contributed by atoms with Crippen molar-refractivity contribution >= 4 is 0 Å². The first-order chi connectivity index (χ1) is 6.70. The van der Waals surface area contributed by atoms with Crippen LogP contribution in [0.15, 0.2) is 12.2 Å². The fourth-order valence-corrected chi connectivity index (χ4v) is 1.77. The zero-order valence-electron chi connectivity index (χ0n) is 9.79. The lowest BCUT2D eigenvalue weighted by Crippen LogP contribution is -2.42. The van der Waals surface area contributed by atoms with Crippen LogP contribution in [0.4, 0.5) is 0 Å². The maximum absolute atomic E-state index is 3.52. The normalized spacial score (nSPS) is 20.3. The average molecular weight is 196 g/mol. The Labute approximate surface area is 88.4 Å². The summed E-state index contributed by atoms with van der Waals surface area (Å²) in [5.41, 5.74) is 0. The first-order valence-corrected chi connectivity index (χ1v) is 5.80. The summed E-state index contributed by atoms with van der Waals surface area (Å²) in [7, 11) is 0. The first kappa shape index (κ1) is 11.7. The summed E-state index contributed by atoms with van der Waals surface area (Å²) < 4.78 is 0. The van der Waals surface area contributed by atoms with Gasteiger partial charge in [0.2, 0.25) is 0 Å². The Morgan fingerprint density at radius 3 is 2.57 bits per heavy atom. The van der Waals surface area contributed by atoms with E-state index in [4.69, 9.17) is 0 Å². The van der Waals surface area contributed by atoms with E-state index in [1.165, 1.54) is 13.0 Å². The zero-order valence-corrected chi connectivity index (χ0v) is 9.79. The first-order valence-electron chi connectivity index (χ1n) is 5.80. The molecule has 0 spiro atoms. The van der Waals surface area contributed by atoms with Crippen molar-refractivity contribution in [2.45, 2.75) is 33.2 Å². The van der Waals surface area contributed by atoms with E-state index >= 15 is 0 Å². The van der Waals surface area contributed by atoms with Crippen molar-refractivity contribution in [1.29, 1.82) is 0 Å². The highest BCUT2D eigenvalue weighted by Crippen LogP contribution is 2.05. The van der Waals surface area contributed by atoms with E-state index < -0.39 is 0 Å². The van der Waals surface area contributed by atoms with Gasteiger partial charge in [0.05, 0.1) is 0 Å². The standard InChI is InChI=1S/C12H24N2/c1-11(2)9-13-10-12(3)14-7-5-4-6-8-14/h4-5,11-13H,6-10H2,1-3H3. The van der Waals surface area contributed by atoms with Crippen LogP contribution in [-0.2, 0) is 0 Å². The minimum Gasteiger partial charge on any atom is -0.315 e. The van der Waals surface area contributed by atoms with Crippen LogP contribution in [0.3, 0.4) is 0 Å². The molecule has 0 bridgehead atoms. The monoisotopic (exact) mass is 196 g/mol. The molecule has 1 aliphatic rings. The largest absolute Gasteiger partial charge is 0.315 e. The maximum atomic E-state index is 3.52. The molecule has 0 aromatic rings. The minimum atomic E-state index is 0.665. The third-order valence-corrected chi connectivity index (χ3v) is 2.71. The molecule has 0 aromatic heterocycles. The molecule has 2 nitrogen and oxygen atoms in total. The van der Waals surface area contributed by atoms with E-state index in [1.54, 1.807) is 0 Å². The molecule has 1 rings (SSSR count). The van der Waals surface area contributed by atoms with Crippen LogP contribution in [0.1, 0.15) is 27.2 Å². The van der Waals surface area contributed by atoms with E-state index in [0.717, 1.165) is 25.6 Å². The van der Waals surface area contributed by atoms with E-state index in [9.17, 15) is 0 Å². The van der Waals surface area contributed by atoms with E-state index in [-0.39, 0.29) is 0 Å². The van der Waals surface area contributed by atoms with Crippen LogP contribution in [0.2, 0.25) is 0 Å². The van der Waals surface area contributed by atoms with Gasteiger partial charge in [-0.15, -0.1) is 0 Å². The van der Waals surface area contributed by atoms with Crippen molar-refractivity contribution in [3.05, 3.63) is 12.2 Å². The molecule has 1 unspecified atom stereocenters. The molecule has 1 atom stereocenters. The SMILES string of the molecule is CC(C)CNCC(C)N1CC=CCC1. The van der Waals surface area contributed by atoms with Crippen molar-refractivity contribution in [2.75, 3.05) is 26.2 Å². The van der Waals surface area contributed by atoms with Gasteiger partial charge in [0.1, 0.15) is 0 Å². The Hall–Kier alpha value is -0.340. The third kappa shape index (κ3) is 4.25. The molecule has 2 heteroatoms. The molecule has 14 heavy (non-hydrogen) atoms. The Morgan fingerprint density at radius 2 is 2.00 bits per heavy atom. The van der Waals surface area contributed by atoms with E-state index in [2.05, 4.69) is 43.1 Å². The zero-order chi connectivity index (χ0) is 10.4. The van der Waals surface area contributed by atoms with Crippen LogP contribution in [-0.4, -0.2) is 37.1 Å². The van der Waals surface area contributed by atoms with Gasteiger partial charge in [-0.05, 0) is 25.8 Å². The second-order valence-electron chi connectivity index (χ2n) is 4.66. The van der Waals surface area contributed by atoms with Crippen LogP contribution in [0.5, 0.6) is 0 Å². The minimum absolute atomic E-state index is 0.665. The smallest absolute Gasteiger partial charge is 0.0195 e. The van der Waals surface area contributed by atoms with Gasteiger partial charge in [-0.2, -0.15) is 0 Å². The van der Waals surface area contributed by atoms with Gasteiger partial charge < -0.3 is 5.32 Å². The highest BCUT2D eigenvalue weighted by atomic mass is 15.2. The van der Waals surface area contributed by atoms with Gasteiger partial charge in [0.25, 0.3) is 0 Å². The van der Waals surface area contributed by atoms with Crippen molar-refractivity contribution in [3.8, 4) is 0 Å². The van der Waals surface area contributed by atoms with Gasteiger partial charge in [0, 0.05) is 25.7 Å². The molecule has 0 fully saturated rings. The summed E-state index contributed by atoms with van der Waals surface area (Å²) in [6.07, 6.45) is 5.78. The number of hydrogen-bond acceptors (Lipinski definition) is 2. The molecule has 0 aliphatic carbocycles. The average Bonchev–Trinajstić information content (AvgIpc) is 2.18. The predicted octanol–water partition coefficient (Wildman–Crippen LogP) is 1.88. The number of hydrogen-bond donors (Lipinski definition) is 1. The molecular formula is C12H24N2. The number of nitrogens with zero attached hydrogens (tertiary/aromatic N) is 1. The topological polar surface area (TPSA) is 15.3 Å². The second kappa shape index (κ2) is 6.20. The van der Waals surface area contributed by atoms with E-state index in [0.29, 0.717) is 6.04 Å². The lowest BCUT2D eigenvalue weighted by molar-refractivity contribution is 0.221. The van der Waals surface area contributed by atoms with Crippen LogP contribution < -0.4 is 5.32 Å². The molecule has 0 saturated carbocycles. The summed E-state index contributed by atoms with van der Waals surface area (Å²) in [5, 5.41) is 3.52. The van der Waals surface area contributed by atoms with Gasteiger partial charge in [-0.25, -0.2) is 0 Å². The molecule has 0 aromatic carbocycles. The molecule has 1 heterocycles. The quantitative estimate of drug-likeness (QED) is 0.675. The maximum Gasteiger partial charge on any atom is 0.0195 e. The number of rotatable bonds is 5. The summed E-state index contributed by atoms with van der Waals surface area (Å²) in [4.78, 5) is 2.54. The fourth-order valence-electron chi connectivity index (χ4n) is 1.77. The van der Waals surface area contributed by atoms with Crippen molar-refractivity contribution in [1.82, 2.24) is 10.2 Å². The molecule has 1 N–H and O–H groups in total. The summed E-state index contributed by atoms with van der Waals surface area (Å²) in [6, 6.07) is 0.665. The lowest BCUT2D eigenvalue weighted by Gasteiger charge is -2.30. The van der Waals surface area contributed by atoms with Crippen molar-refractivity contribution in [3.63, 3.8) is 0 Å². The molecule has 0 saturated heterocycles. The Kier molecular flexibility index (Phi) is 5.20. The highest BCUT2D eigenvalue weighted by Gasteiger charge is 2.13. The Bertz CT molecular complexity index is 175. The van der Waals surface area contributed by atoms with Crippen LogP contribution >= 0.6 is 0 Å². The molecular weight excluding hydrogens is 172 g/mol. The highest BCUT2D eigenvalue weighted by molar-refractivity contribution is 4.92. The molecule has 0 radical (unpaired) electrons. The summed E-state index contributed by atoms with van der Waals surface area (Å²) in [5.74, 6) is 0.753. The van der Waals surface area contributed by atoms with Gasteiger partial charge >= 0.3 is 0 Å². The fraction of sp³-hybridized carbons (Fsp3) is 0.833. The predicted molar refractivity (Wildman–Crippen MR) is 62.5 cm³/mol. The van der Waals surface area contributed by atoms with Crippen LogP contribution in [0, 0.1) is 5.92 Å². The third-order valence-electron chi connectivity index (χ3n) is 2.71. The molecule has 0 amide bonds. The van der Waals surface area contributed by atoms with Crippen LogP contribution in [0.25, 0.3) is 0 Å². The Morgan fingerprint density at radius 1 is 1.21 bits per heavy atom. The van der Waals surface area contributed by atoms with Gasteiger partial charge in [0.15, 0.2) is 0 Å². The lowest BCUT2D eigenvalue weighted by atomic mass is 10.2.